The van der Waals surface area contributed by atoms with Crippen molar-refractivity contribution in [2.45, 2.75) is 19.4 Å². The van der Waals surface area contributed by atoms with Gasteiger partial charge < -0.3 is 10.4 Å². The van der Waals surface area contributed by atoms with Gasteiger partial charge in [-0.2, -0.15) is 11.3 Å². The molecule has 4 nitrogen and oxygen atoms in total. The molecule has 1 heterocycles. The second-order valence-corrected chi connectivity index (χ2v) is 4.18. The van der Waals surface area contributed by atoms with Crippen LogP contribution in [0.15, 0.2) is 16.8 Å². The molecule has 1 amide bonds. The maximum atomic E-state index is 11.5. The Hall–Kier alpha value is -1.36. The molecule has 0 aliphatic carbocycles. The van der Waals surface area contributed by atoms with E-state index >= 15 is 0 Å². The van der Waals surface area contributed by atoms with Gasteiger partial charge >= 0.3 is 5.97 Å². The van der Waals surface area contributed by atoms with Gasteiger partial charge in [0.1, 0.15) is 5.54 Å². The normalized spacial score (nSPS) is 11.0. The SMILES string of the molecule is CC(C)(NC(=O)c1ccsc1)C(=O)O. The van der Waals surface area contributed by atoms with Crippen LogP contribution in [0.1, 0.15) is 24.2 Å². The summed E-state index contributed by atoms with van der Waals surface area (Å²) < 4.78 is 0. The van der Waals surface area contributed by atoms with E-state index in [-0.39, 0.29) is 5.91 Å². The Morgan fingerprint density at radius 1 is 1.50 bits per heavy atom. The zero-order chi connectivity index (χ0) is 10.8. The summed E-state index contributed by atoms with van der Waals surface area (Å²) >= 11 is 1.39. The van der Waals surface area contributed by atoms with E-state index in [1.54, 1.807) is 16.8 Å². The summed E-state index contributed by atoms with van der Waals surface area (Å²) in [7, 11) is 0. The molecule has 0 unspecified atom stereocenters. The highest BCUT2D eigenvalue weighted by molar-refractivity contribution is 7.08. The minimum Gasteiger partial charge on any atom is -0.480 e. The van der Waals surface area contributed by atoms with Crippen molar-refractivity contribution in [2.75, 3.05) is 0 Å². The van der Waals surface area contributed by atoms with Gasteiger partial charge in [0.15, 0.2) is 0 Å². The van der Waals surface area contributed by atoms with E-state index in [0.717, 1.165) is 0 Å². The maximum absolute atomic E-state index is 11.5. The second-order valence-electron chi connectivity index (χ2n) is 3.40. The third kappa shape index (κ3) is 2.32. The van der Waals surface area contributed by atoms with Crippen LogP contribution in [-0.4, -0.2) is 22.5 Å². The summed E-state index contributed by atoms with van der Waals surface area (Å²) in [5.41, 5.74) is -0.747. The van der Waals surface area contributed by atoms with Crippen LogP contribution in [0, 0.1) is 0 Å². The minimum absolute atomic E-state index is 0.362. The van der Waals surface area contributed by atoms with Crippen LogP contribution in [0.4, 0.5) is 0 Å². The Bertz CT molecular complexity index is 343. The molecule has 0 saturated heterocycles. The first-order valence-electron chi connectivity index (χ1n) is 4.01. The Labute approximate surface area is 85.6 Å². The molecule has 5 heteroatoms. The van der Waals surface area contributed by atoms with Gasteiger partial charge in [0, 0.05) is 5.38 Å². The van der Waals surface area contributed by atoms with Gasteiger partial charge in [-0.25, -0.2) is 4.79 Å². The van der Waals surface area contributed by atoms with Crippen LogP contribution >= 0.6 is 11.3 Å². The lowest BCUT2D eigenvalue weighted by molar-refractivity contribution is -0.143. The summed E-state index contributed by atoms with van der Waals surface area (Å²) in [5, 5.41) is 14.6. The quantitative estimate of drug-likeness (QED) is 0.796. The lowest BCUT2D eigenvalue weighted by Crippen LogP contribution is -2.49. The van der Waals surface area contributed by atoms with E-state index in [1.165, 1.54) is 25.2 Å². The fourth-order valence-corrected chi connectivity index (χ4v) is 1.44. The van der Waals surface area contributed by atoms with Crippen molar-refractivity contribution in [3.63, 3.8) is 0 Å². The van der Waals surface area contributed by atoms with Gasteiger partial charge in [0.2, 0.25) is 0 Å². The molecular weight excluding hydrogens is 202 g/mol. The van der Waals surface area contributed by atoms with Gasteiger partial charge in [-0.3, -0.25) is 4.79 Å². The van der Waals surface area contributed by atoms with Crippen molar-refractivity contribution < 1.29 is 14.7 Å². The third-order valence-electron chi connectivity index (χ3n) is 1.74. The van der Waals surface area contributed by atoms with Crippen LogP contribution in [-0.2, 0) is 4.79 Å². The largest absolute Gasteiger partial charge is 0.480 e. The summed E-state index contributed by atoms with van der Waals surface area (Å²) in [4.78, 5) is 22.2. The monoisotopic (exact) mass is 213 g/mol. The number of carbonyl (C=O) groups excluding carboxylic acids is 1. The molecule has 1 rings (SSSR count). The van der Waals surface area contributed by atoms with Crippen LogP contribution in [0.3, 0.4) is 0 Å². The van der Waals surface area contributed by atoms with E-state index in [2.05, 4.69) is 5.32 Å². The first-order valence-corrected chi connectivity index (χ1v) is 4.96. The lowest BCUT2D eigenvalue weighted by atomic mass is 10.1. The second kappa shape index (κ2) is 3.79. The number of thiophene rings is 1. The van der Waals surface area contributed by atoms with Crippen LogP contribution in [0.25, 0.3) is 0 Å². The summed E-state index contributed by atoms with van der Waals surface area (Å²) in [6.45, 7) is 2.89. The van der Waals surface area contributed by atoms with Crippen molar-refractivity contribution in [1.82, 2.24) is 5.32 Å². The number of aliphatic carboxylic acids is 1. The van der Waals surface area contributed by atoms with E-state index in [4.69, 9.17) is 5.11 Å². The molecule has 0 saturated carbocycles. The highest BCUT2D eigenvalue weighted by Crippen LogP contribution is 2.09. The number of hydrogen-bond donors (Lipinski definition) is 2. The Morgan fingerprint density at radius 3 is 2.57 bits per heavy atom. The molecule has 1 aromatic heterocycles. The first kappa shape index (κ1) is 10.7. The molecule has 0 atom stereocenters. The molecule has 2 N–H and O–H groups in total. The van der Waals surface area contributed by atoms with Gasteiger partial charge in [-0.05, 0) is 25.3 Å². The highest BCUT2D eigenvalue weighted by atomic mass is 32.1. The standard InChI is InChI=1S/C9H11NO3S/c1-9(2,8(12)13)10-7(11)6-3-4-14-5-6/h3-5H,1-2H3,(H,10,11)(H,12,13). The smallest absolute Gasteiger partial charge is 0.328 e. The molecule has 0 aliphatic heterocycles. The minimum atomic E-state index is -1.24. The van der Waals surface area contributed by atoms with Crippen LogP contribution in [0.2, 0.25) is 0 Å². The van der Waals surface area contributed by atoms with Crippen molar-refractivity contribution in [3.05, 3.63) is 22.4 Å². The van der Waals surface area contributed by atoms with E-state index in [1.807, 2.05) is 0 Å². The number of carbonyl (C=O) groups is 2. The maximum Gasteiger partial charge on any atom is 0.328 e. The number of nitrogens with one attached hydrogen (secondary N) is 1. The molecule has 0 aromatic carbocycles. The third-order valence-corrected chi connectivity index (χ3v) is 2.43. The highest BCUT2D eigenvalue weighted by Gasteiger charge is 2.29. The van der Waals surface area contributed by atoms with E-state index in [9.17, 15) is 9.59 Å². The van der Waals surface area contributed by atoms with Gasteiger partial charge in [0.25, 0.3) is 5.91 Å². The molecule has 0 spiro atoms. The molecule has 1 aromatic rings. The Morgan fingerprint density at radius 2 is 2.14 bits per heavy atom. The molecule has 76 valence electrons. The summed E-state index contributed by atoms with van der Waals surface area (Å²) in [6.07, 6.45) is 0. The van der Waals surface area contributed by atoms with Gasteiger partial charge in [0.05, 0.1) is 5.56 Å². The molecular formula is C9H11NO3S. The number of hydrogen-bond acceptors (Lipinski definition) is 3. The average Bonchev–Trinajstić information content (AvgIpc) is 2.54. The topological polar surface area (TPSA) is 66.4 Å². The average molecular weight is 213 g/mol. The number of rotatable bonds is 3. The Balaban J connectivity index is 2.71. The van der Waals surface area contributed by atoms with E-state index in [0.29, 0.717) is 5.56 Å². The molecule has 0 radical (unpaired) electrons. The summed E-state index contributed by atoms with van der Waals surface area (Å²) in [5.74, 6) is -1.42. The predicted molar refractivity (Wildman–Crippen MR) is 53.5 cm³/mol. The molecule has 14 heavy (non-hydrogen) atoms. The van der Waals surface area contributed by atoms with Crippen LogP contribution < -0.4 is 5.32 Å². The van der Waals surface area contributed by atoms with Crippen LogP contribution in [0.5, 0.6) is 0 Å². The van der Waals surface area contributed by atoms with Crippen molar-refractivity contribution in [2.24, 2.45) is 0 Å². The molecule has 0 bridgehead atoms. The van der Waals surface area contributed by atoms with Gasteiger partial charge in [-0.15, -0.1) is 0 Å². The van der Waals surface area contributed by atoms with Gasteiger partial charge in [-0.1, -0.05) is 0 Å². The first-order chi connectivity index (χ1) is 6.43. The Kier molecular flexibility index (Phi) is 2.90. The predicted octanol–water partition coefficient (Wildman–Crippen LogP) is 1.34. The summed E-state index contributed by atoms with van der Waals surface area (Å²) in [6, 6.07) is 1.65. The zero-order valence-corrected chi connectivity index (χ0v) is 8.72. The lowest BCUT2D eigenvalue weighted by Gasteiger charge is -2.20. The molecule has 0 fully saturated rings. The van der Waals surface area contributed by atoms with Crippen molar-refractivity contribution in [3.8, 4) is 0 Å². The number of amides is 1. The number of carboxylic acid groups (broad SMARTS) is 1. The fraction of sp³-hybridized carbons (Fsp3) is 0.333. The molecule has 0 aliphatic rings. The number of carboxylic acids is 1. The van der Waals surface area contributed by atoms with E-state index < -0.39 is 11.5 Å². The van der Waals surface area contributed by atoms with Crippen molar-refractivity contribution >= 4 is 23.2 Å². The fourth-order valence-electron chi connectivity index (χ4n) is 0.803. The van der Waals surface area contributed by atoms with Crippen molar-refractivity contribution in [1.29, 1.82) is 0 Å². The zero-order valence-electron chi connectivity index (χ0n) is 7.90.